The Labute approximate surface area is 291 Å². The summed E-state index contributed by atoms with van der Waals surface area (Å²) < 4.78 is 2.46. The molecule has 0 fully saturated rings. The number of aromatic nitrogens is 3. The molecule has 4 nitrogen and oxygen atoms in total. The average molecular weight is 643 g/mol. The topological polar surface area (TPSA) is 34.0 Å². The van der Waals surface area contributed by atoms with Crippen molar-refractivity contribution in [2.45, 2.75) is 24.8 Å². The third kappa shape index (κ3) is 4.60. The Hall–Kier alpha value is -6.26. The van der Waals surface area contributed by atoms with Crippen LogP contribution in [0.4, 0.5) is 11.4 Å². The van der Waals surface area contributed by atoms with E-state index in [4.69, 9.17) is 9.97 Å². The van der Waals surface area contributed by atoms with Gasteiger partial charge in [0.05, 0.1) is 34.2 Å². The zero-order valence-corrected chi connectivity index (χ0v) is 27.5. The molecular formula is C46H34N4. The molecule has 0 N–H and O–H groups in total. The van der Waals surface area contributed by atoms with Crippen molar-refractivity contribution in [3.63, 3.8) is 0 Å². The van der Waals surface area contributed by atoms with Crippen LogP contribution < -0.4 is 4.90 Å². The van der Waals surface area contributed by atoms with Gasteiger partial charge in [0.15, 0.2) is 5.82 Å². The minimum Gasteiger partial charge on any atom is -0.333 e. The third-order valence-electron chi connectivity index (χ3n) is 10.3. The summed E-state index contributed by atoms with van der Waals surface area (Å²) in [6.07, 6.45) is 18.2. The van der Waals surface area contributed by atoms with E-state index in [1.165, 1.54) is 38.8 Å². The molecule has 3 heterocycles. The van der Waals surface area contributed by atoms with Gasteiger partial charge in [-0.15, -0.1) is 0 Å². The quantitative estimate of drug-likeness (QED) is 0.187. The molecule has 0 bridgehead atoms. The lowest BCUT2D eigenvalue weighted by molar-refractivity contribution is 0.745. The Kier molecular flexibility index (Phi) is 6.73. The molecule has 2 atom stereocenters. The van der Waals surface area contributed by atoms with Gasteiger partial charge < -0.3 is 9.47 Å². The lowest BCUT2D eigenvalue weighted by atomic mass is 9.91. The molecule has 7 aromatic rings. The van der Waals surface area contributed by atoms with E-state index in [0.717, 1.165) is 46.6 Å². The predicted molar refractivity (Wildman–Crippen MR) is 207 cm³/mol. The molecule has 238 valence electrons. The fourth-order valence-corrected chi connectivity index (χ4v) is 8.10. The summed E-state index contributed by atoms with van der Waals surface area (Å²) in [7, 11) is 0. The highest BCUT2D eigenvalue weighted by molar-refractivity contribution is 6.18. The third-order valence-corrected chi connectivity index (χ3v) is 10.3. The number of allylic oxidation sites excluding steroid dienone is 6. The summed E-state index contributed by atoms with van der Waals surface area (Å²) in [6.45, 7) is 0. The van der Waals surface area contributed by atoms with Gasteiger partial charge in [0.25, 0.3) is 0 Å². The smallest absolute Gasteiger partial charge is 0.160 e. The molecule has 0 spiro atoms. The van der Waals surface area contributed by atoms with Crippen LogP contribution in [0.15, 0.2) is 170 Å². The molecule has 10 rings (SSSR count). The van der Waals surface area contributed by atoms with Gasteiger partial charge in [0, 0.05) is 44.8 Å². The van der Waals surface area contributed by atoms with Gasteiger partial charge in [-0.2, -0.15) is 0 Å². The first kappa shape index (κ1) is 28.7. The van der Waals surface area contributed by atoms with Crippen molar-refractivity contribution in [2.24, 2.45) is 0 Å². The van der Waals surface area contributed by atoms with Gasteiger partial charge in [-0.25, -0.2) is 9.97 Å². The van der Waals surface area contributed by atoms with E-state index in [-0.39, 0.29) is 12.0 Å². The van der Waals surface area contributed by atoms with Crippen LogP contribution in [-0.2, 0) is 0 Å². The second-order valence-electron chi connectivity index (χ2n) is 13.3. The van der Waals surface area contributed by atoms with E-state index in [2.05, 4.69) is 167 Å². The number of hydrogen-bond acceptors (Lipinski definition) is 3. The molecule has 2 aliphatic carbocycles. The Balaban J connectivity index is 1.18. The second-order valence-corrected chi connectivity index (χ2v) is 13.3. The number of para-hydroxylation sites is 1. The van der Waals surface area contributed by atoms with Gasteiger partial charge in [0.1, 0.15) is 0 Å². The van der Waals surface area contributed by atoms with E-state index >= 15 is 0 Å². The maximum absolute atomic E-state index is 5.17. The SMILES string of the molecule is C1=CC2c3ccc4c(c3N(c3cccc(-c5nc(-c6ccccc6)cc(-c6ccccc6)n5)c3)C2C=C1)c1ccccc1n4C1=CCCC=C1. The first-order chi connectivity index (χ1) is 24.8. The molecule has 3 aliphatic rings. The summed E-state index contributed by atoms with van der Waals surface area (Å²) >= 11 is 0. The molecule has 0 amide bonds. The van der Waals surface area contributed by atoms with Crippen LogP contribution in [-0.4, -0.2) is 20.6 Å². The van der Waals surface area contributed by atoms with E-state index in [9.17, 15) is 0 Å². The molecule has 2 aromatic heterocycles. The molecular weight excluding hydrogens is 609 g/mol. The highest BCUT2D eigenvalue weighted by Gasteiger charge is 2.39. The molecule has 4 heteroatoms. The lowest BCUT2D eigenvalue weighted by Crippen LogP contribution is -2.28. The number of nitrogens with zero attached hydrogens (tertiary/aromatic N) is 4. The van der Waals surface area contributed by atoms with Gasteiger partial charge >= 0.3 is 0 Å². The maximum atomic E-state index is 5.17. The number of hydrogen-bond donors (Lipinski definition) is 0. The monoisotopic (exact) mass is 642 g/mol. The molecule has 1 aliphatic heterocycles. The summed E-state index contributed by atoms with van der Waals surface area (Å²) in [5.41, 5.74) is 12.4. The average Bonchev–Trinajstić information content (AvgIpc) is 3.72. The van der Waals surface area contributed by atoms with Gasteiger partial charge in [-0.3, -0.25) is 0 Å². The van der Waals surface area contributed by atoms with Crippen molar-refractivity contribution in [2.75, 3.05) is 4.90 Å². The van der Waals surface area contributed by atoms with Crippen LogP contribution in [0.3, 0.4) is 0 Å². The highest BCUT2D eigenvalue weighted by Crippen LogP contribution is 2.53. The lowest BCUT2D eigenvalue weighted by Gasteiger charge is -2.29. The predicted octanol–water partition coefficient (Wildman–Crippen LogP) is 11.5. The van der Waals surface area contributed by atoms with E-state index in [1.54, 1.807) is 0 Å². The van der Waals surface area contributed by atoms with E-state index in [0.29, 0.717) is 5.82 Å². The minimum atomic E-state index is 0.156. The number of anilines is 2. The molecule has 2 unspecified atom stereocenters. The van der Waals surface area contributed by atoms with Crippen LogP contribution >= 0.6 is 0 Å². The first-order valence-corrected chi connectivity index (χ1v) is 17.5. The Bertz CT molecular complexity index is 2500. The highest BCUT2D eigenvalue weighted by atomic mass is 15.2. The largest absolute Gasteiger partial charge is 0.333 e. The van der Waals surface area contributed by atoms with Gasteiger partial charge in [-0.1, -0.05) is 134 Å². The number of benzene rings is 5. The van der Waals surface area contributed by atoms with Crippen molar-refractivity contribution in [3.05, 3.63) is 175 Å². The normalized spacial score (nSPS) is 17.7. The maximum Gasteiger partial charge on any atom is 0.160 e. The van der Waals surface area contributed by atoms with Crippen molar-refractivity contribution >= 4 is 38.9 Å². The first-order valence-electron chi connectivity index (χ1n) is 17.5. The Morgan fingerprint density at radius 3 is 2.08 bits per heavy atom. The molecule has 0 saturated carbocycles. The fraction of sp³-hybridized carbons (Fsp3) is 0.0870. The molecule has 50 heavy (non-hydrogen) atoms. The van der Waals surface area contributed by atoms with Crippen molar-refractivity contribution < 1.29 is 0 Å². The van der Waals surface area contributed by atoms with Crippen LogP contribution in [0.5, 0.6) is 0 Å². The summed E-state index contributed by atoms with van der Waals surface area (Å²) in [4.78, 5) is 12.9. The number of fused-ring (bicyclic) bond motifs is 7. The van der Waals surface area contributed by atoms with Crippen LogP contribution in [0.2, 0.25) is 0 Å². The molecule has 5 aromatic carbocycles. The molecule has 0 saturated heterocycles. The Morgan fingerprint density at radius 2 is 1.32 bits per heavy atom. The zero-order chi connectivity index (χ0) is 33.0. The second kappa shape index (κ2) is 11.7. The minimum absolute atomic E-state index is 0.156. The summed E-state index contributed by atoms with van der Waals surface area (Å²) in [5, 5.41) is 2.58. The zero-order valence-electron chi connectivity index (χ0n) is 27.5. The van der Waals surface area contributed by atoms with Crippen LogP contribution in [0.25, 0.3) is 61.4 Å². The number of rotatable bonds is 5. The summed E-state index contributed by atoms with van der Waals surface area (Å²) in [5.74, 6) is 0.967. The van der Waals surface area contributed by atoms with Crippen molar-refractivity contribution in [3.8, 4) is 33.9 Å². The van der Waals surface area contributed by atoms with E-state index < -0.39 is 0 Å². The van der Waals surface area contributed by atoms with Crippen LogP contribution in [0, 0.1) is 0 Å². The van der Waals surface area contributed by atoms with E-state index in [1.807, 2.05) is 12.1 Å². The summed E-state index contributed by atoms with van der Waals surface area (Å²) in [6, 6.07) is 45.4. The van der Waals surface area contributed by atoms with Crippen LogP contribution in [0.1, 0.15) is 24.3 Å². The standard InChI is InChI=1S/C46H34N4/c1-4-15-31(16-5-1)39-30-40(32-17-6-2-7-18-32)48-46(47-39)33-19-14-22-35(29-33)50-41-25-12-10-23-36(41)37-27-28-43-44(45(37)50)38-24-11-13-26-42(38)49(43)34-20-8-3-9-21-34/h1-2,4-8,10-30,36,41H,3,9H2. The van der Waals surface area contributed by atoms with Gasteiger partial charge in [-0.05, 0) is 54.8 Å². The van der Waals surface area contributed by atoms with Gasteiger partial charge in [0.2, 0.25) is 0 Å². The Morgan fingerprint density at radius 1 is 0.600 bits per heavy atom. The van der Waals surface area contributed by atoms with Crippen molar-refractivity contribution in [1.82, 2.24) is 14.5 Å². The fourth-order valence-electron chi connectivity index (χ4n) is 8.10. The molecule has 0 radical (unpaired) electrons. The van der Waals surface area contributed by atoms with Crippen molar-refractivity contribution in [1.29, 1.82) is 0 Å².